The van der Waals surface area contributed by atoms with E-state index in [-0.39, 0.29) is 5.37 Å². The summed E-state index contributed by atoms with van der Waals surface area (Å²) in [6, 6.07) is 118. The van der Waals surface area contributed by atoms with Gasteiger partial charge in [-0.25, -0.2) is 44.9 Å². The van der Waals surface area contributed by atoms with Gasteiger partial charge in [-0.3, -0.25) is 4.99 Å². The summed E-state index contributed by atoms with van der Waals surface area (Å²) in [5, 5.41) is 16.8. The van der Waals surface area contributed by atoms with Crippen LogP contribution in [0, 0.1) is 0 Å². The van der Waals surface area contributed by atoms with Crippen molar-refractivity contribution >= 4 is 81.6 Å². The van der Waals surface area contributed by atoms with Crippen molar-refractivity contribution in [3.8, 4) is 135 Å². The first-order valence-corrected chi connectivity index (χ1v) is 40.3. The molecule has 5 aromatic heterocycles. The predicted octanol–water partition coefficient (Wildman–Crippen LogP) is 25.3. The number of nitrogens with one attached hydrogen (secondary N) is 1. The lowest BCUT2D eigenvalue weighted by atomic mass is 9.94. The van der Waals surface area contributed by atoms with E-state index < -0.39 is 6.17 Å². The minimum atomic E-state index is -0.439. The van der Waals surface area contributed by atoms with E-state index in [1.807, 2.05) is 79.1 Å². The number of thioether (sulfide) groups is 1. The van der Waals surface area contributed by atoms with E-state index in [2.05, 4.69) is 290 Å². The van der Waals surface area contributed by atoms with Gasteiger partial charge in [0, 0.05) is 78.3 Å². The molecule has 14 aromatic carbocycles. The van der Waals surface area contributed by atoms with E-state index in [0.717, 1.165) is 153 Å². The molecule has 0 bridgehead atoms. The molecule has 0 saturated heterocycles. The van der Waals surface area contributed by atoms with Crippen molar-refractivity contribution in [1.29, 1.82) is 0 Å². The van der Waals surface area contributed by atoms with Crippen molar-refractivity contribution in [1.82, 2.24) is 50.2 Å². The number of aromatic nitrogens is 9. The topological polar surface area (TPSA) is 154 Å². The second kappa shape index (κ2) is 28.7. The molecule has 22 rings (SSSR count). The molecule has 0 spiro atoms. The number of aliphatic imine (C=N–C) groups is 1. The number of benzene rings is 14. The summed E-state index contributed by atoms with van der Waals surface area (Å²) in [5.41, 5.74) is 22.4. The van der Waals surface area contributed by atoms with Crippen LogP contribution in [0.3, 0.4) is 0 Å². The number of hydrogen-bond donors (Lipinski definition) is 1. The summed E-state index contributed by atoms with van der Waals surface area (Å²) in [5.74, 6) is 3.91. The van der Waals surface area contributed by atoms with Crippen LogP contribution in [0.4, 0.5) is 0 Å². The van der Waals surface area contributed by atoms with E-state index in [1.165, 1.54) is 27.3 Å². The van der Waals surface area contributed by atoms with Gasteiger partial charge in [0.15, 0.2) is 40.8 Å². The zero-order chi connectivity index (χ0) is 76.6. The highest BCUT2D eigenvalue weighted by Gasteiger charge is 2.33. The molecule has 12 nitrogen and oxygen atoms in total. The Kier molecular flexibility index (Phi) is 16.8. The Morgan fingerprint density at radius 3 is 1.43 bits per heavy atom. The Balaban J connectivity index is 0.616. The summed E-state index contributed by atoms with van der Waals surface area (Å²) in [6.45, 7) is 0. The quantitative estimate of drug-likeness (QED) is 0.103. The zero-order valence-electron chi connectivity index (χ0n) is 62.0. The first kappa shape index (κ1) is 68.0. The number of fused-ring (bicyclic) bond motifs is 8. The van der Waals surface area contributed by atoms with E-state index in [9.17, 15) is 0 Å². The van der Waals surface area contributed by atoms with Crippen molar-refractivity contribution < 1.29 is 0 Å². The van der Waals surface area contributed by atoms with Crippen LogP contribution in [0.5, 0.6) is 0 Å². The van der Waals surface area contributed by atoms with E-state index >= 15 is 0 Å². The second-order valence-corrected chi connectivity index (χ2v) is 31.1. The summed E-state index contributed by atoms with van der Waals surface area (Å²) >= 11 is 3.38. The molecular formula is C102H63N12S2-. The maximum atomic E-state index is 5.53. The fraction of sp³-hybridized carbons (Fsp3) is 0.0196. The van der Waals surface area contributed by atoms with Gasteiger partial charge < -0.3 is 10.6 Å². The minimum absolute atomic E-state index is 0.0726. The predicted molar refractivity (Wildman–Crippen MR) is 475 cm³/mol. The van der Waals surface area contributed by atoms with Crippen LogP contribution < -0.4 is 5.32 Å². The summed E-state index contributed by atoms with van der Waals surface area (Å²) < 4.78 is 0.917. The number of pyridine rings is 1. The van der Waals surface area contributed by atoms with Gasteiger partial charge in [0.05, 0.1) is 21.6 Å². The summed E-state index contributed by atoms with van der Waals surface area (Å²) in [7, 11) is 0. The highest BCUT2D eigenvalue weighted by molar-refractivity contribution is 8.05. The summed E-state index contributed by atoms with van der Waals surface area (Å²) in [6.07, 6.45) is 7.79. The third-order valence-corrected chi connectivity index (χ3v) is 24.2. The standard InChI is InChI=1S/C102H63N12S2/c1-5-19-61(20-6-1)63-36-40-65(41-37-63)87-91-89(85-35-18-54-103-101(85)115-91)107-93(105-87)69-44-38-64(39-45-69)81-31-16-33-83-82(81)32-17-34-84(83)100-113-96(68-25-11-4-12-26-68)110-98(114-100)71-46-42-66(43-47-71)88-92-90(86-59-80(60-104-102(86)116-92)77-53-52-76-55-74-27-13-14-28-75(74)57-79(76)58-77)108-94(106-88)70-48-50-72(51-49-70)97-109-95(67-23-9-3-10-24-67)111-99(112-97)78-30-15-29-73(56-78)62-21-7-2-8-22-62/h1-60,93,101,103H/q-1. The summed E-state index contributed by atoms with van der Waals surface area (Å²) in [4.78, 5) is 54.9. The third kappa shape index (κ3) is 12.6. The molecule has 8 heterocycles. The number of allylic oxidation sites excluding steroid dienone is 3. The van der Waals surface area contributed by atoms with Gasteiger partial charge in [-0.2, -0.15) is 0 Å². The molecule has 3 aliphatic heterocycles. The minimum Gasteiger partial charge on any atom is -0.658 e. The Hall–Kier alpha value is -14.8. The second-order valence-electron chi connectivity index (χ2n) is 29.0. The Labute approximate surface area is 676 Å². The SMILES string of the molecule is C1=CNC2SC3=C([N-]C(c4ccc(-c5cccc6c(-c7nc(-c8ccccc8)nc(-c8ccc(-c9nc(-c%10ccc(-c%11nc(-c%12ccccc%12)nc(-c%12cccc(-c%13ccccc%13)c%12)n%11)cc%10)nc%10c9sc9ncc(-c%11ccc%12cc%13ccccc%13cc%12c%11)cc9%10)cc8)n7)cccc56)cc4)N=C3c3ccc(-c4ccccc4)cc3)C2=C1. The molecule has 3 aliphatic rings. The first-order chi connectivity index (χ1) is 57.4. The maximum absolute atomic E-state index is 5.53. The molecule has 0 saturated carbocycles. The van der Waals surface area contributed by atoms with Crippen LogP contribution in [0.25, 0.3) is 194 Å². The molecule has 116 heavy (non-hydrogen) atoms. The first-order valence-electron chi connectivity index (χ1n) is 38.6. The average molecular weight is 1520 g/mol. The normalized spacial score (nSPS) is 14.3. The van der Waals surface area contributed by atoms with E-state index in [0.29, 0.717) is 40.8 Å². The Bertz CT molecular complexity index is 7260. The van der Waals surface area contributed by atoms with Gasteiger partial charge in [-0.05, 0) is 125 Å². The molecular weight excluding hydrogens is 1460 g/mol. The van der Waals surface area contributed by atoms with Gasteiger partial charge in [-0.1, -0.05) is 327 Å². The highest BCUT2D eigenvalue weighted by Crippen LogP contribution is 2.52. The van der Waals surface area contributed by atoms with Gasteiger partial charge in [0.1, 0.15) is 10.2 Å². The van der Waals surface area contributed by atoms with Gasteiger partial charge in [0.2, 0.25) is 0 Å². The average Bonchev–Trinajstić information content (AvgIpc) is 1.59. The van der Waals surface area contributed by atoms with Crippen LogP contribution in [-0.2, 0) is 0 Å². The molecule has 0 radical (unpaired) electrons. The third-order valence-electron chi connectivity index (χ3n) is 21.9. The van der Waals surface area contributed by atoms with Crippen molar-refractivity contribution in [3.63, 3.8) is 0 Å². The molecule has 0 amide bonds. The van der Waals surface area contributed by atoms with Crippen LogP contribution in [0.2, 0.25) is 0 Å². The number of thiophene rings is 1. The van der Waals surface area contributed by atoms with Gasteiger partial charge in [-0.15, -0.1) is 17.0 Å². The highest BCUT2D eigenvalue weighted by atomic mass is 32.2. The molecule has 2 atom stereocenters. The molecule has 14 heteroatoms. The molecule has 19 aromatic rings. The number of hydrogen-bond acceptors (Lipinski definition) is 13. The molecule has 2 unspecified atom stereocenters. The van der Waals surface area contributed by atoms with Crippen LogP contribution >= 0.6 is 23.1 Å². The van der Waals surface area contributed by atoms with Gasteiger partial charge in [0.25, 0.3) is 0 Å². The maximum Gasteiger partial charge on any atom is 0.164 e. The van der Waals surface area contributed by atoms with Crippen molar-refractivity contribution in [2.75, 3.05) is 0 Å². The molecule has 544 valence electrons. The Morgan fingerprint density at radius 1 is 0.319 bits per heavy atom. The largest absolute Gasteiger partial charge is 0.658 e. The van der Waals surface area contributed by atoms with Crippen molar-refractivity contribution in [3.05, 3.63) is 397 Å². The van der Waals surface area contributed by atoms with Crippen LogP contribution in [0.1, 0.15) is 17.3 Å². The smallest absolute Gasteiger partial charge is 0.164 e. The lowest BCUT2D eigenvalue weighted by Crippen LogP contribution is -2.22. The van der Waals surface area contributed by atoms with Crippen LogP contribution in [0.15, 0.2) is 385 Å². The molecule has 0 fully saturated rings. The zero-order valence-corrected chi connectivity index (χ0v) is 63.7. The molecule has 0 aliphatic carbocycles. The monoisotopic (exact) mass is 1520 g/mol. The lowest BCUT2D eigenvalue weighted by molar-refractivity contribution is 0.836. The number of nitrogens with zero attached hydrogens (tertiary/aromatic N) is 11. The van der Waals surface area contributed by atoms with Gasteiger partial charge >= 0.3 is 0 Å². The van der Waals surface area contributed by atoms with E-state index in [4.69, 9.17) is 55.2 Å². The Morgan fingerprint density at radius 2 is 0.784 bits per heavy atom. The number of dihydropyridines is 1. The fourth-order valence-corrected chi connectivity index (χ4v) is 18.3. The molecule has 1 N–H and O–H groups in total. The van der Waals surface area contributed by atoms with Crippen molar-refractivity contribution in [2.24, 2.45) is 4.99 Å². The van der Waals surface area contributed by atoms with Crippen LogP contribution in [-0.4, -0.2) is 55.9 Å². The lowest BCUT2D eigenvalue weighted by Gasteiger charge is -2.38. The fourth-order valence-electron chi connectivity index (χ4n) is 15.9. The number of rotatable bonds is 14. The van der Waals surface area contributed by atoms with Crippen molar-refractivity contribution in [2.45, 2.75) is 11.5 Å². The van der Waals surface area contributed by atoms with E-state index in [1.54, 1.807) is 23.1 Å².